The Hall–Kier alpha value is -2.61. The Morgan fingerprint density at radius 3 is 2.79 bits per heavy atom. The molecule has 150 valence electrons. The van der Waals surface area contributed by atoms with Crippen molar-refractivity contribution in [2.45, 2.75) is 52.3 Å². The predicted molar refractivity (Wildman–Crippen MR) is 103 cm³/mol. The Kier molecular flexibility index (Phi) is 5.47. The molecule has 0 atom stereocenters. The van der Waals surface area contributed by atoms with Crippen molar-refractivity contribution in [3.05, 3.63) is 45.3 Å². The maximum atomic E-state index is 12.5. The zero-order valence-electron chi connectivity index (χ0n) is 16.2. The number of esters is 1. The normalized spacial score (nSPS) is 17.4. The van der Waals surface area contributed by atoms with Gasteiger partial charge in [-0.3, -0.25) is 19.5 Å². The lowest BCUT2D eigenvalue weighted by molar-refractivity contribution is -0.142. The molecule has 8 nitrogen and oxygen atoms in total. The molecule has 2 aliphatic rings. The molecule has 28 heavy (non-hydrogen) atoms. The van der Waals surface area contributed by atoms with Crippen LogP contribution >= 0.6 is 0 Å². The number of piperidine rings is 1. The van der Waals surface area contributed by atoms with Crippen LogP contribution in [0.2, 0.25) is 0 Å². The highest BCUT2D eigenvalue weighted by Crippen LogP contribution is 2.21. The molecule has 8 heteroatoms. The van der Waals surface area contributed by atoms with Gasteiger partial charge < -0.3 is 14.1 Å². The molecule has 1 saturated heterocycles. The first-order chi connectivity index (χ1) is 13.6. The average Bonchev–Trinajstić information content (AvgIpc) is 3.14. The van der Waals surface area contributed by atoms with E-state index in [9.17, 15) is 9.59 Å². The number of nitrogens with one attached hydrogen (secondary N) is 1. The summed E-state index contributed by atoms with van der Waals surface area (Å²) >= 11 is 0. The van der Waals surface area contributed by atoms with Crippen molar-refractivity contribution < 1.29 is 13.9 Å². The largest absolute Gasteiger partial charge is 0.461 e. The number of hydrogen-bond acceptors (Lipinski definition) is 7. The highest BCUT2D eigenvalue weighted by molar-refractivity contribution is 5.65. The lowest BCUT2D eigenvalue weighted by Crippen LogP contribution is -2.38. The van der Waals surface area contributed by atoms with Gasteiger partial charge in [0.15, 0.2) is 0 Å². The summed E-state index contributed by atoms with van der Waals surface area (Å²) in [6.07, 6.45) is 4.20. The van der Waals surface area contributed by atoms with E-state index in [2.05, 4.69) is 14.8 Å². The molecule has 1 N–H and O–H groups in total. The van der Waals surface area contributed by atoms with E-state index in [4.69, 9.17) is 14.1 Å². The summed E-state index contributed by atoms with van der Waals surface area (Å²) in [5.74, 6) is 1.81. The maximum Gasteiger partial charge on any atom is 0.303 e. The molecule has 4 rings (SSSR count). The molecule has 2 aromatic rings. The van der Waals surface area contributed by atoms with Crippen molar-refractivity contribution in [3.8, 4) is 0 Å². The van der Waals surface area contributed by atoms with Gasteiger partial charge in [0.05, 0.1) is 12.2 Å². The Morgan fingerprint density at radius 2 is 2.00 bits per heavy atom. The van der Waals surface area contributed by atoms with E-state index in [1.165, 1.54) is 13.3 Å². The van der Waals surface area contributed by atoms with Crippen molar-refractivity contribution in [2.24, 2.45) is 0 Å². The van der Waals surface area contributed by atoms with E-state index in [1.807, 2.05) is 12.1 Å². The summed E-state index contributed by atoms with van der Waals surface area (Å²) < 4.78 is 10.7. The second-order valence-electron chi connectivity index (χ2n) is 7.47. The van der Waals surface area contributed by atoms with Gasteiger partial charge in [0, 0.05) is 38.7 Å². The summed E-state index contributed by atoms with van der Waals surface area (Å²) in [5.41, 5.74) is 1.65. The minimum Gasteiger partial charge on any atom is -0.461 e. The number of rotatable bonds is 5. The molecule has 1 fully saturated rings. The lowest BCUT2D eigenvalue weighted by atomic mass is 10.1. The van der Waals surface area contributed by atoms with Gasteiger partial charge in [-0.1, -0.05) is 0 Å². The van der Waals surface area contributed by atoms with Crippen LogP contribution in [0, 0.1) is 0 Å². The number of H-pyrrole nitrogens is 1. The number of aromatic amines is 1. The third-order valence-corrected chi connectivity index (χ3v) is 5.31. The van der Waals surface area contributed by atoms with Crippen molar-refractivity contribution >= 4 is 11.9 Å². The van der Waals surface area contributed by atoms with Gasteiger partial charge in [-0.25, -0.2) is 4.98 Å². The number of aromatic nitrogens is 2. The first kappa shape index (κ1) is 18.7. The first-order valence-corrected chi connectivity index (χ1v) is 9.89. The molecule has 0 amide bonds. The number of carbonyl (C=O) groups excluding carboxylic acids is 1. The number of furan rings is 1. The third kappa shape index (κ3) is 4.27. The maximum absolute atomic E-state index is 12.5. The summed E-state index contributed by atoms with van der Waals surface area (Å²) in [5, 5.41) is 0. The fraction of sp³-hybridized carbons (Fsp3) is 0.550. The predicted octanol–water partition coefficient (Wildman–Crippen LogP) is 1.97. The Morgan fingerprint density at radius 1 is 1.21 bits per heavy atom. The Labute approximate surface area is 163 Å². The van der Waals surface area contributed by atoms with Crippen molar-refractivity contribution in [1.29, 1.82) is 0 Å². The van der Waals surface area contributed by atoms with Crippen LogP contribution in [-0.4, -0.2) is 40.5 Å². The van der Waals surface area contributed by atoms with Crippen LogP contribution < -0.4 is 10.5 Å². The molecule has 0 unspecified atom stereocenters. The van der Waals surface area contributed by atoms with E-state index in [1.54, 1.807) is 0 Å². The van der Waals surface area contributed by atoms with Crippen molar-refractivity contribution in [2.75, 3.05) is 24.5 Å². The quantitative estimate of drug-likeness (QED) is 0.786. The third-order valence-electron chi connectivity index (χ3n) is 5.31. The number of carbonyl (C=O) groups is 1. The van der Waals surface area contributed by atoms with Crippen LogP contribution in [0.5, 0.6) is 0 Å². The molecule has 0 aromatic carbocycles. The molecule has 0 bridgehead atoms. The van der Waals surface area contributed by atoms with Crippen LogP contribution in [0.3, 0.4) is 0 Å². The van der Waals surface area contributed by atoms with Crippen molar-refractivity contribution in [3.63, 3.8) is 0 Å². The number of fused-ring (bicyclic) bond motifs is 1. The first-order valence-electron chi connectivity index (χ1n) is 9.89. The zero-order chi connectivity index (χ0) is 19.5. The Bertz CT molecular complexity index is 898. The number of nitrogens with zero attached hydrogens (tertiary/aromatic N) is 3. The van der Waals surface area contributed by atoms with Gasteiger partial charge in [-0.15, -0.1) is 0 Å². The zero-order valence-corrected chi connectivity index (χ0v) is 16.2. The van der Waals surface area contributed by atoms with E-state index >= 15 is 0 Å². The molecular weight excluding hydrogens is 360 g/mol. The highest BCUT2D eigenvalue weighted by atomic mass is 16.5. The van der Waals surface area contributed by atoms with Gasteiger partial charge in [0.1, 0.15) is 18.1 Å². The van der Waals surface area contributed by atoms with Gasteiger partial charge >= 0.3 is 5.97 Å². The molecule has 2 aliphatic heterocycles. The fourth-order valence-corrected chi connectivity index (χ4v) is 3.85. The molecule has 4 heterocycles. The van der Waals surface area contributed by atoms with Gasteiger partial charge in [-0.05, 0) is 37.8 Å². The van der Waals surface area contributed by atoms with E-state index in [-0.39, 0.29) is 18.1 Å². The fourth-order valence-electron chi connectivity index (χ4n) is 3.85. The summed E-state index contributed by atoms with van der Waals surface area (Å²) in [4.78, 5) is 35.6. The van der Waals surface area contributed by atoms with Crippen LogP contribution in [0.4, 0.5) is 5.95 Å². The Balaban J connectivity index is 1.44. The molecular formula is C20H26N4O4. The molecule has 0 aliphatic carbocycles. The highest BCUT2D eigenvalue weighted by Gasteiger charge is 2.23. The monoisotopic (exact) mass is 386 g/mol. The number of ether oxygens (including phenoxy) is 1. The van der Waals surface area contributed by atoms with Gasteiger partial charge in [0.2, 0.25) is 5.95 Å². The summed E-state index contributed by atoms with van der Waals surface area (Å²) in [6.45, 7) is 5.45. The van der Waals surface area contributed by atoms with Crippen molar-refractivity contribution in [1.82, 2.24) is 14.9 Å². The average molecular weight is 386 g/mol. The number of hydrogen-bond donors (Lipinski definition) is 1. The SMILES string of the molecule is CC(=O)OCc1ccc(CN2CCc3c(nc(N4CCCCC4)[nH]c3=O)C2)o1. The van der Waals surface area contributed by atoms with Crippen LogP contribution in [0.25, 0.3) is 0 Å². The van der Waals surface area contributed by atoms with E-state index in [0.717, 1.165) is 49.5 Å². The number of anilines is 1. The van der Waals surface area contributed by atoms with Crippen LogP contribution in [0.15, 0.2) is 21.3 Å². The van der Waals surface area contributed by atoms with Crippen LogP contribution in [-0.2, 0) is 35.6 Å². The minimum atomic E-state index is -0.327. The smallest absolute Gasteiger partial charge is 0.303 e. The molecule has 2 aromatic heterocycles. The van der Waals surface area contributed by atoms with Gasteiger partial charge in [-0.2, -0.15) is 0 Å². The standard InChI is InChI=1S/C20H26N4O4/c1-14(25)27-13-16-6-5-15(28-16)11-23-10-7-17-18(12-23)21-20(22-19(17)26)24-8-3-2-4-9-24/h5-6H,2-4,7-13H2,1H3,(H,21,22,26). The molecule has 0 spiro atoms. The van der Waals surface area contributed by atoms with E-state index < -0.39 is 0 Å². The summed E-state index contributed by atoms with van der Waals surface area (Å²) in [7, 11) is 0. The molecule has 0 saturated carbocycles. The lowest BCUT2D eigenvalue weighted by Gasteiger charge is -2.30. The summed E-state index contributed by atoms with van der Waals surface area (Å²) in [6, 6.07) is 3.73. The second kappa shape index (κ2) is 8.18. The molecule has 0 radical (unpaired) electrons. The minimum absolute atomic E-state index is 0.00751. The van der Waals surface area contributed by atoms with Crippen LogP contribution in [0.1, 0.15) is 49.0 Å². The van der Waals surface area contributed by atoms with Gasteiger partial charge in [0.25, 0.3) is 5.56 Å². The second-order valence-corrected chi connectivity index (χ2v) is 7.47. The van der Waals surface area contributed by atoms with E-state index in [0.29, 0.717) is 31.2 Å². The topological polar surface area (TPSA) is 91.7 Å².